The monoisotopic (exact) mass is 557 g/mol. The summed E-state index contributed by atoms with van der Waals surface area (Å²) in [6.07, 6.45) is 3.14. The molecule has 0 radical (unpaired) electrons. The normalized spacial score (nSPS) is 12.2. The van der Waals surface area contributed by atoms with Crippen LogP contribution >= 0.6 is 11.6 Å². The molecule has 0 spiro atoms. The minimum atomic E-state index is 0.183. The van der Waals surface area contributed by atoms with Crippen molar-refractivity contribution in [1.29, 1.82) is 5.26 Å². The number of benzene rings is 3. The molecule has 0 atom stereocenters. The molecule has 1 N–H and O–H groups in total. The van der Waals surface area contributed by atoms with Crippen molar-refractivity contribution in [2.45, 2.75) is 26.7 Å². The molecule has 204 valence electrons. The maximum Gasteiger partial charge on any atom is 0.161 e. The van der Waals surface area contributed by atoms with Crippen molar-refractivity contribution in [2.75, 3.05) is 20.3 Å². The van der Waals surface area contributed by atoms with E-state index in [0.29, 0.717) is 40.9 Å². The molecule has 2 heterocycles. The topological polar surface area (TPSA) is 97.1 Å². The second-order valence-corrected chi connectivity index (χ2v) is 9.83. The number of rotatable bonds is 9. The highest BCUT2D eigenvalue weighted by Gasteiger charge is 2.16. The third-order valence-corrected chi connectivity index (χ3v) is 6.81. The summed E-state index contributed by atoms with van der Waals surface area (Å²) in [7, 11) is 1.54. The molecule has 1 aliphatic rings. The van der Waals surface area contributed by atoms with Gasteiger partial charge >= 0.3 is 0 Å². The van der Waals surface area contributed by atoms with E-state index in [1.54, 1.807) is 31.4 Å². The Balaban J connectivity index is 1.36. The number of ether oxygens (including phenoxy) is 4. The zero-order valence-corrected chi connectivity index (χ0v) is 22.9. The highest BCUT2D eigenvalue weighted by molar-refractivity contribution is 6.32. The van der Waals surface area contributed by atoms with E-state index < -0.39 is 0 Å². The van der Waals surface area contributed by atoms with Crippen molar-refractivity contribution in [1.82, 2.24) is 10.0 Å². The first-order chi connectivity index (χ1) is 19.4. The summed E-state index contributed by atoms with van der Waals surface area (Å²) < 4.78 is 23.7. The molecule has 0 bridgehead atoms. The van der Waals surface area contributed by atoms with Gasteiger partial charge in [0.05, 0.1) is 17.1 Å². The van der Waals surface area contributed by atoms with Crippen molar-refractivity contribution < 1.29 is 24.2 Å². The van der Waals surface area contributed by atoms with Crippen molar-refractivity contribution in [3.8, 4) is 40.2 Å². The van der Waals surface area contributed by atoms with Crippen LogP contribution in [0, 0.1) is 18.3 Å². The molecule has 0 amide bonds. The van der Waals surface area contributed by atoms with E-state index in [0.717, 1.165) is 44.4 Å². The summed E-state index contributed by atoms with van der Waals surface area (Å²) in [4.78, 5) is 4.08. The average Bonchev–Trinajstić information content (AvgIpc) is 2.96. The Kier molecular flexibility index (Phi) is 8.37. The standard InChI is InChI=1S/C31H28ClN3O5/c1-20-24(4-3-5-26(20)23-6-7-28-31(12-23)38-9-8-37-28)19-40-30-13-29(25(11-27(30)32)17-35(2)36)39-18-22-10-21(14-33)15-34-16-22/h3-7,10-13,15-16,36H,8-9,17-19H2,1-2H3. The Hall–Kier alpha value is -4.29. The van der Waals surface area contributed by atoms with E-state index in [1.807, 2.05) is 30.3 Å². The molecule has 40 heavy (non-hydrogen) atoms. The van der Waals surface area contributed by atoms with Crippen LogP contribution in [-0.4, -0.2) is 35.5 Å². The summed E-state index contributed by atoms with van der Waals surface area (Å²) in [5.41, 5.74) is 6.06. The molecular weight excluding hydrogens is 530 g/mol. The summed E-state index contributed by atoms with van der Waals surface area (Å²) in [6, 6.07) is 19.3. The molecule has 0 fully saturated rings. The van der Waals surface area contributed by atoms with Gasteiger partial charge in [0.1, 0.15) is 44.0 Å². The quantitative estimate of drug-likeness (QED) is 0.238. The SMILES string of the molecule is Cc1c(COc2cc(OCc3cncc(C#N)c3)c(CN(C)O)cc2Cl)cccc1-c1ccc2c(c1)OCCO2. The van der Waals surface area contributed by atoms with Crippen molar-refractivity contribution in [2.24, 2.45) is 0 Å². The van der Waals surface area contributed by atoms with Gasteiger partial charge in [-0.05, 0) is 53.4 Å². The maximum atomic E-state index is 9.85. The van der Waals surface area contributed by atoms with Crippen LogP contribution in [0.25, 0.3) is 11.1 Å². The lowest BCUT2D eigenvalue weighted by molar-refractivity contribution is -0.0736. The molecule has 4 aromatic rings. The van der Waals surface area contributed by atoms with Crippen LogP contribution < -0.4 is 18.9 Å². The van der Waals surface area contributed by atoms with Crippen molar-refractivity contribution in [3.05, 3.63) is 99.8 Å². The van der Waals surface area contributed by atoms with Gasteiger partial charge in [-0.15, -0.1) is 0 Å². The number of pyridine rings is 1. The summed E-state index contributed by atoms with van der Waals surface area (Å²) in [6.45, 7) is 3.81. The van der Waals surface area contributed by atoms with Gasteiger partial charge in [-0.2, -0.15) is 10.3 Å². The molecule has 1 aromatic heterocycles. The fraction of sp³-hybridized carbons (Fsp3) is 0.226. The lowest BCUT2D eigenvalue weighted by Gasteiger charge is -2.20. The molecule has 8 nitrogen and oxygen atoms in total. The van der Waals surface area contributed by atoms with E-state index >= 15 is 0 Å². The molecule has 0 aliphatic carbocycles. The summed E-state index contributed by atoms with van der Waals surface area (Å²) >= 11 is 6.59. The largest absolute Gasteiger partial charge is 0.488 e. The Labute approximate surface area is 237 Å². The Bertz CT molecular complexity index is 1570. The fourth-order valence-corrected chi connectivity index (χ4v) is 4.74. The number of nitrogens with zero attached hydrogens (tertiary/aromatic N) is 3. The van der Waals surface area contributed by atoms with Gasteiger partial charge in [-0.1, -0.05) is 35.9 Å². The smallest absolute Gasteiger partial charge is 0.161 e. The van der Waals surface area contributed by atoms with Gasteiger partial charge in [-0.25, -0.2) is 0 Å². The zero-order valence-electron chi connectivity index (χ0n) is 22.2. The van der Waals surface area contributed by atoms with Crippen LogP contribution in [0.4, 0.5) is 0 Å². The predicted octanol–water partition coefficient (Wildman–Crippen LogP) is 6.33. The number of fused-ring (bicyclic) bond motifs is 1. The van der Waals surface area contributed by atoms with Crippen LogP contribution in [0.5, 0.6) is 23.0 Å². The molecule has 3 aromatic carbocycles. The molecular formula is C31H28ClN3O5. The third-order valence-electron chi connectivity index (χ3n) is 6.51. The Morgan fingerprint density at radius 3 is 2.58 bits per heavy atom. The van der Waals surface area contributed by atoms with Gasteiger partial charge in [0.15, 0.2) is 11.5 Å². The van der Waals surface area contributed by atoms with Gasteiger partial charge in [0, 0.05) is 36.6 Å². The Morgan fingerprint density at radius 1 is 0.975 bits per heavy atom. The molecule has 0 unspecified atom stereocenters. The first-order valence-electron chi connectivity index (χ1n) is 12.7. The highest BCUT2D eigenvalue weighted by Crippen LogP contribution is 2.37. The van der Waals surface area contributed by atoms with E-state index in [9.17, 15) is 5.21 Å². The molecule has 5 rings (SSSR count). The Morgan fingerprint density at radius 2 is 1.77 bits per heavy atom. The van der Waals surface area contributed by atoms with Crippen molar-refractivity contribution in [3.63, 3.8) is 0 Å². The van der Waals surface area contributed by atoms with Gasteiger partial charge in [0.2, 0.25) is 0 Å². The minimum Gasteiger partial charge on any atom is -0.488 e. The number of hydrogen-bond donors (Lipinski definition) is 1. The molecule has 9 heteroatoms. The lowest BCUT2D eigenvalue weighted by Crippen LogP contribution is -2.15. The molecule has 0 saturated carbocycles. The van der Waals surface area contributed by atoms with E-state index in [1.165, 1.54) is 6.20 Å². The average molecular weight is 558 g/mol. The minimum absolute atomic E-state index is 0.183. The van der Waals surface area contributed by atoms with Crippen molar-refractivity contribution >= 4 is 11.6 Å². The van der Waals surface area contributed by atoms with E-state index in [-0.39, 0.29) is 19.8 Å². The first kappa shape index (κ1) is 27.3. The van der Waals surface area contributed by atoms with Crippen LogP contribution in [0.2, 0.25) is 5.02 Å². The fourth-order valence-electron chi connectivity index (χ4n) is 4.50. The highest BCUT2D eigenvalue weighted by atomic mass is 35.5. The third kappa shape index (κ3) is 6.29. The number of hydrogen-bond acceptors (Lipinski definition) is 8. The number of hydroxylamine groups is 2. The van der Waals surface area contributed by atoms with Crippen LogP contribution in [0.3, 0.4) is 0 Å². The van der Waals surface area contributed by atoms with E-state index in [2.05, 4.69) is 24.0 Å². The lowest BCUT2D eigenvalue weighted by atomic mass is 9.96. The predicted molar refractivity (Wildman–Crippen MR) is 150 cm³/mol. The van der Waals surface area contributed by atoms with Gasteiger partial charge < -0.3 is 24.2 Å². The molecule has 1 aliphatic heterocycles. The molecule has 0 saturated heterocycles. The van der Waals surface area contributed by atoms with Crippen LogP contribution in [-0.2, 0) is 19.8 Å². The second-order valence-electron chi connectivity index (χ2n) is 9.43. The summed E-state index contributed by atoms with van der Waals surface area (Å²) in [5.74, 6) is 2.45. The number of halogens is 1. The first-order valence-corrected chi connectivity index (χ1v) is 13.1. The number of nitriles is 1. The van der Waals surface area contributed by atoms with Crippen LogP contribution in [0.15, 0.2) is 67.0 Å². The van der Waals surface area contributed by atoms with Gasteiger partial charge in [-0.3, -0.25) is 4.98 Å². The maximum absolute atomic E-state index is 9.85. The van der Waals surface area contributed by atoms with Crippen LogP contribution in [0.1, 0.15) is 27.8 Å². The zero-order chi connectivity index (χ0) is 28.1. The van der Waals surface area contributed by atoms with E-state index in [4.69, 9.17) is 35.8 Å². The van der Waals surface area contributed by atoms with Gasteiger partial charge in [0.25, 0.3) is 0 Å². The number of aromatic nitrogens is 1. The summed E-state index contributed by atoms with van der Waals surface area (Å²) in [5, 5.41) is 20.5. The second kappa shape index (κ2) is 12.3.